The maximum absolute atomic E-state index is 11.4. The highest BCUT2D eigenvalue weighted by Crippen LogP contribution is 2.28. The third-order valence-electron chi connectivity index (χ3n) is 3.85. The molecule has 2 N–H and O–H groups in total. The van der Waals surface area contributed by atoms with Gasteiger partial charge in [0.05, 0.1) is 5.56 Å². The number of oxazole rings is 1. The number of anilines is 1. The Bertz CT molecular complexity index is 665. The standard InChI is InChI=1S/C15H20N4O2/c1-18(2)8-10-6-7-19(9-10)15-17-13-11(14(16)20)4-3-5-12(13)21-15/h3-5,10H,6-9H2,1-2H3,(H2,16,20). The average Bonchev–Trinajstić information content (AvgIpc) is 3.02. The van der Waals surface area contributed by atoms with Crippen LogP contribution in [-0.2, 0) is 0 Å². The summed E-state index contributed by atoms with van der Waals surface area (Å²) in [6, 6.07) is 5.83. The molecule has 1 aliphatic rings. The van der Waals surface area contributed by atoms with Gasteiger partial charge in [0.25, 0.3) is 11.9 Å². The second-order valence-electron chi connectivity index (χ2n) is 5.88. The molecule has 0 bridgehead atoms. The minimum absolute atomic E-state index is 0.409. The van der Waals surface area contributed by atoms with E-state index in [9.17, 15) is 4.79 Å². The molecule has 0 radical (unpaired) electrons. The zero-order chi connectivity index (χ0) is 15.0. The Labute approximate surface area is 123 Å². The van der Waals surface area contributed by atoms with E-state index in [0.717, 1.165) is 26.1 Å². The van der Waals surface area contributed by atoms with Gasteiger partial charge >= 0.3 is 0 Å². The summed E-state index contributed by atoms with van der Waals surface area (Å²) in [6.45, 7) is 2.91. The van der Waals surface area contributed by atoms with Gasteiger partial charge in [0, 0.05) is 19.6 Å². The predicted molar refractivity (Wildman–Crippen MR) is 81.4 cm³/mol. The normalized spacial score (nSPS) is 18.8. The van der Waals surface area contributed by atoms with Crippen molar-refractivity contribution in [2.75, 3.05) is 38.6 Å². The van der Waals surface area contributed by atoms with Crippen LogP contribution in [0.4, 0.5) is 6.01 Å². The van der Waals surface area contributed by atoms with Crippen LogP contribution in [0, 0.1) is 5.92 Å². The Kier molecular flexibility index (Phi) is 3.55. The number of amides is 1. The first-order chi connectivity index (χ1) is 10.0. The van der Waals surface area contributed by atoms with Gasteiger partial charge in [-0.25, -0.2) is 0 Å². The quantitative estimate of drug-likeness (QED) is 0.918. The van der Waals surface area contributed by atoms with E-state index < -0.39 is 5.91 Å². The van der Waals surface area contributed by atoms with Crippen LogP contribution in [0.15, 0.2) is 22.6 Å². The van der Waals surface area contributed by atoms with Gasteiger partial charge in [-0.2, -0.15) is 4.98 Å². The lowest BCUT2D eigenvalue weighted by Crippen LogP contribution is -2.25. The fourth-order valence-corrected chi connectivity index (χ4v) is 2.94. The van der Waals surface area contributed by atoms with Crippen LogP contribution in [0.2, 0.25) is 0 Å². The summed E-state index contributed by atoms with van der Waals surface area (Å²) in [5.41, 5.74) is 6.95. The summed E-state index contributed by atoms with van der Waals surface area (Å²) in [4.78, 5) is 20.3. The summed E-state index contributed by atoms with van der Waals surface area (Å²) >= 11 is 0. The van der Waals surface area contributed by atoms with Crippen molar-refractivity contribution in [1.82, 2.24) is 9.88 Å². The fourth-order valence-electron chi connectivity index (χ4n) is 2.94. The minimum Gasteiger partial charge on any atom is -0.423 e. The van der Waals surface area contributed by atoms with E-state index >= 15 is 0 Å². The SMILES string of the molecule is CN(C)CC1CCN(c2nc3c(C(N)=O)cccc3o2)C1. The molecule has 6 heteroatoms. The number of primary amides is 1. The molecule has 1 atom stereocenters. The molecule has 1 aliphatic heterocycles. The zero-order valence-electron chi connectivity index (χ0n) is 12.4. The lowest BCUT2D eigenvalue weighted by atomic mass is 10.1. The molecule has 2 aromatic rings. The maximum Gasteiger partial charge on any atom is 0.298 e. The van der Waals surface area contributed by atoms with Crippen molar-refractivity contribution in [2.24, 2.45) is 11.7 Å². The van der Waals surface area contributed by atoms with E-state index in [1.165, 1.54) is 0 Å². The topological polar surface area (TPSA) is 75.6 Å². The number of aromatic nitrogens is 1. The Hall–Kier alpha value is -2.08. The number of benzene rings is 1. The van der Waals surface area contributed by atoms with Crippen molar-refractivity contribution >= 4 is 23.0 Å². The Morgan fingerprint density at radius 1 is 1.52 bits per heavy atom. The van der Waals surface area contributed by atoms with Crippen molar-refractivity contribution in [3.63, 3.8) is 0 Å². The van der Waals surface area contributed by atoms with Gasteiger partial charge in [0.15, 0.2) is 5.58 Å². The van der Waals surface area contributed by atoms with Crippen molar-refractivity contribution < 1.29 is 9.21 Å². The highest BCUT2D eigenvalue weighted by Gasteiger charge is 2.26. The lowest BCUT2D eigenvalue weighted by Gasteiger charge is -2.16. The summed E-state index contributed by atoms with van der Waals surface area (Å²) in [5, 5.41) is 0. The van der Waals surface area contributed by atoms with Crippen LogP contribution in [0.1, 0.15) is 16.8 Å². The third-order valence-corrected chi connectivity index (χ3v) is 3.85. The van der Waals surface area contributed by atoms with E-state index in [2.05, 4.69) is 28.9 Å². The van der Waals surface area contributed by atoms with E-state index in [0.29, 0.717) is 28.6 Å². The van der Waals surface area contributed by atoms with Gasteiger partial charge in [0.1, 0.15) is 5.52 Å². The van der Waals surface area contributed by atoms with Gasteiger partial charge < -0.3 is 20.0 Å². The van der Waals surface area contributed by atoms with E-state index in [4.69, 9.17) is 10.2 Å². The number of carbonyl (C=O) groups excluding carboxylic acids is 1. The molecule has 1 aromatic carbocycles. The van der Waals surface area contributed by atoms with Crippen LogP contribution in [0.5, 0.6) is 0 Å². The highest BCUT2D eigenvalue weighted by molar-refractivity contribution is 6.03. The smallest absolute Gasteiger partial charge is 0.298 e. The number of hydrogen-bond donors (Lipinski definition) is 1. The number of rotatable bonds is 4. The molecule has 0 saturated carbocycles. The Morgan fingerprint density at radius 3 is 3.05 bits per heavy atom. The number of nitrogens with two attached hydrogens (primary N) is 1. The second kappa shape index (κ2) is 5.37. The van der Waals surface area contributed by atoms with Crippen molar-refractivity contribution in [1.29, 1.82) is 0 Å². The number of para-hydroxylation sites is 1. The average molecular weight is 288 g/mol. The molecule has 0 spiro atoms. The predicted octanol–water partition coefficient (Wildman–Crippen LogP) is 1.31. The molecule has 0 aliphatic carbocycles. The molecule has 1 saturated heterocycles. The lowest BCUT2D eigenvalue weighted by molar-refractivity contribution is 0.100. The molecular weight excluding hydrogens is 268 g/mol. The molecule has 3 rings (SSSR count). The largest absolute Gasteiger partial charge is 0.423 e. The summed E-state index contributed by atoms with van der Waals surface area (Å²) in [7, 11) is 4.17. The zero-order valence-corrected chi connectivity index (χ0v) is 12.4. The summed E-state index contributed by atoms with van der Waals surface area (Å²) in [6.07, 6.45) is 1.12. The number of nitrogens with zero attached hydrogens (tertiary/aromatic N) is 3. The summed E-state index contributed by atoms with van der Waals surface area (Å²) < 4.78 is 5.79. The van der Waals surface area contributed by atoms with Gasteiger partial charge in [-0.15, -0.1) is 0 Å². The van der Waals surface area contributed by atoms with Gasteiger partial charge in [-0.05, 0) is 38.6 Å². The Balaban J connectivity index is 1.85. The maximum atomic E-state index is 11.4. The van der Waals surface area contributed by atoms with E-state index in [1.54, 1.807) is 12.1 Å². The van der Waals surface area contributed by atoms with Gasteiger partial charge in [-0.3, -0.25) is 4.79 Å². The van der Waals surface area contributed by atoms with Gasteiger partial charge in [0.2, 0.25) is 0 Å². The monoisotopic (exact) mass is 288 g/mol. The fraction of sp³-hybridized carbons (Fsp3) is 0.467. The summed E-state index contributed by atoms with van der Waals surface area (Å²) in [5.74, 6) is 0.137. The Morgan fingerprint density at radius 2 is 2.33 bits per heavy atom. The second-order valence-corrected chi connectivity index (χ2v) is 5.88. The number of fused-ring (bicyclic) bond motifs is 1. The highest BCUT2D eigenvalue weighted by atomic mass is 16.4. The molecule has 1 aromatic heterocycles. The molecule has 21 heavy (non-hydrogen) atoms. The van der Waals surface area contributed by atoms with Crippen LogP contribution in [-0.4, -0.2) is 49.5 Å². The molecule has 112 valence electrons. The van der Waals surface area contributed by atoms with Crippen LogP contribution in [0.25, 0.3) is 11.1 Å². The molecule has 2 heterocycles. The molecule has 1 amide bonds. The first-order valence-corrected chi connectivity index (χ1v) is 7.13. The van der Waals surface area contributed by atoms with Gasteiger partial charge in [-0.1, -0.05) is 6.07 Å². The minimum atomic E-state index is -0.479. The van der Waals surface area contributed by atoms with Crippen LogP contribution >= 0.6 is 0 Å². The number of carbonyl (C=O) groups is 1. The molecule has 1 unspecified atom stereocenters. The first-order valence-electron chi connectivity index (χ1n) is 7.13. The van der Waals surface area contributed by atoms with Crippen molar-refractivity contribution in [3.8, 4) is 0 Å². The number of hydrogen-bond acceptors (Lipinski definition) is 5. The van der Waals surface area contributed by atoms with Crippen molar-refractivity contribution in [2.45, 2.75) is 6.42 Å². The molecular formula is C15H20N4O2. The van der Waals surface area contributed by atoms with Crippen molar-refractivity contribution in [3.05, 3.63) is 23.8 Å². The molecule has 1 fully saturated rings. The van der Waals surface area contributed by atoms with E-state index in [1.807, 2.05) is 6.07 Å². The van der Waals surface area contributed by atoms with Crippen LogP contribution < -0.4 is 10.6 Å². The van der Waals surface area contributed by atoms with Crippen LogP contribution in [0.3, 0.4) is 0 Å². The third kappa shape index (κ3) is 2.71. The first kappa shape index (κ1) is 13.9. The van der Waals surface area contributed by atoms with E-state index in [-0.39, 0.29) is 0 Å². The molecule has 6 nitrogen and oxygen atoms in total.